The summed E-state index contributed by atoms with van der Waals surface area (Å²) in [4.78, 5) is 36.6. The predicted octanol–water partition coefficient (Wildman–Crippen LogP) is 4.19. The molecule has 1 aliphatic heterocycles. The monoisotopic (exact) mass is 539 g/mol. The number of carbonyl (C=O) groups excluding carboxylic acids is 2. The number of rotatable bonds is 5. The van der Waals surface area contributed by atoms with E-state index in [1.165, 1.54) is 0 Å². The number of benzene rings is 2. The maximum Gasteiger partial charge on any atom is 0.258 e. The van der Waals surface area contributed by atoms with Gasteiger partial charge in [0.05, 0.1) is 17.8 Å². The third-order valence-electron chi connectivity index (χ3n) is 5.10. The molecule has 3 aromatic rings. The molecule has 2 aromatic carbocycles. The van der Waals surface area contributed by atoms with Gasteiger partial charge in [-0.3, -0.25) is 14.6 Å². The first-order valence-electron chi connectivity index (χ1n) is 10.1. The van der Waals surface area contributed by atoms with Crippen LogP contribution in [-0.2, 0) is 0 Å². The van der Waals surface area contributed by atoms with Gasteiger partial charge in [0.15, 0.2) is 0 Å². The number of nitrogens with one attached hydrogen (secondary N) is 2. The van der Waals surface area contributed by atoms with Crippen LogP contribution in [0, 0.1) is 10.5 Å². The maximum absolute atomic E-state index is 12.9. The van der Waals surface area contributed by atoms with Crippen molar-refractivity contribution in [3.8, 4) is 0 Å². The second-order valence-corrected chi connectivity index (χ2v) is 8.77. The molecule has 1 aromatic heterocycles. The molecule has 1 aliphatic rings. The first-order valence-corrected chi connectivity index (χ1v) is 11.2. The normalized spacial score (nSPS) is 13.0. The number of likely N-dealkylation sites (N-methyl/N-ethyl adjacent to an activating group) is 1. The maximum atomic E-state index is 12.9. The number of amides is 2. The highest BCUT2D eigenvalue weighted by molar-refractivity contribution is 14.1. The Balaban J connectivity index is 1.52. The smallest absolute Gasteiger partial charge is 0.258 e. The number of nitrogens with zero attached hydrogens (tertiary/aromatic N) is 3. The highest BCUT2D eigenvalue weighted by Crippen LogP contribution is 2.21. The molecule has 2 amide bonds. The average Bonchev–Trinajstić information content (AvgIpc) is 3.22. The summed E-state index contributed by atoms with van der Waals surface area (Å²) in [5.74, 6) is 0.752. The van der Waals surface area contributed by atoms with Gasteiger partial charge in [0.1, 0.15) is 11.7 Å². The molecule has 162 valence electrons. The molecule has 0 unspecified atom stereocenters. The van der Waals surface area contributed by atoms with E-state index in [4.69, 9.17) is 0 Å². The van der Waals surface area contributed by atoms with Crippen molar-refractivity contribution in [2.24, 2.45) is 4.99 Å². The molecule has 0 aliphatic carbocycles. The zero-order chi connectivity index (χ0) is 22.7. The molecule has 0 atom stereocenters. The number of aromatic nitrogens is 1. The minimum absolute atomic E-state index is 0.288. The standard InChI is InChI=1S/C24H22IN5O2/c1-15-3-9-20(19(13-15)24(32)29-21-10-8-18(25)14-27-21)28-23(31)17-6-4-16(5-7-17)22-26-11-12-30(22)2/h3-10,13-14H,11-12H2,1-2H3,(H,28,31)(H,27,29,32). The number of aliphatic imine (C=N–C) groups is 1. The van der Waals surface area contributed by atoms with Gasteiger partial charge in [-0.25, -0.2) is 4.98 Å². The third-order valence-corrected chi connectivity index (χ3v) is 5.74. The Kier molecular flexibility index (Phi) is 6.50. The summed E-state index contributed by atoms with van der Waals surface area (Å²) < 4.78 is 0.974. The van der Waals surface area contributed by atoms with Crippen LogP contribution in [0.4, 0.5) is 11.5 Å². The van der Waals surface area contributed by atoms with Crippen LogP contribution >= 0.6 is 22.6 Å². The van der Waals surface area contributed by atoms with Crippen LogP contribution in [0.5, 0.6) is 0 Å². The number of hydrogen-bond acceptors (Lipinski definition) is 5. The van der Waals surface area contributed by atoms with E-state index in [-0.39, 0.29) is 11.8 Å². The van der Waals surface area contributed by atoms with Gasteiger partial charge in [0, 0.05) is 34.5 Å². The molecule has 0 spiro atoms. The lowest BCUT2D eigenvalue weighted by Crippen LogP contribution is -2.23. The number of anilines is 2. The lowest BCUT2D eigenvalue weighted by atomic mass is 10.1. The van der Waals surface area contributed by atoms with E-state index in [1.807, 2.05) is 38.2 Å². The Morgan fingerprint density at radius 1 is 1.00 bits per heavy atom. The zero-order valence-corrected chi connectivity index (χ0v) is 19.9. The van der Waals surface area contributed by atoms with E-state index in [9.17, 15) is 9.59 Å². The molecule has 2 heterocycles. The van der Waals surface area contributed by atoms with Crippen LogP contribution in [-0.4, -0.2) is 47.7 Å². The largest absolute Gasteiger partial charge is 0.358 e. The van der Waals surface area contributed by atoms with Crippen molar-refractivity contribution in [3.05, 3.63) is 86.6 Å². The molecular formula is C24H22IN5O2. The molecular weight excluding hydrogens is 517 g/mol. The summed E-state index contributed by atoms with van der Waals surface area (Å²) in [5.41, 5.74) is 3.20. The lowest BCUT2D eigenvalue weighted by molar-refractivity contribution is 0.102. The molecule has 2 N–H and O–H groups in total. The molecule has 0 saturated carbocycles. The average molecular weight is 539 g/mol. The van der Waals surface area contributed by atoms with E-state index in [0.29, 0.717) is 22.6 Å². The Morgan fingerprint density at radius 3 is 2.44 bits per heavy atom. The third kappa shape index (κ3) is 4.96. The van der Waals surface area contributed by atoms with Gasteiger partial charge in [0.25, 0.3) is 11.8 Å². The fraction of sp³-hybridized carbons (Fsp3) is 0.167. The molecule has 0 fully saturated rings. The minimum atomic E-state index is -0.338. The van der Waals surface area contributed by atoms with Gasteiger partial charge in [-0.2, -0.15) is 0 Å². The van der Waals surface area contributed by atoms with E-state index in [0.717, 1.165) is 33.6 Å². The second kappa shape index (κ2) is 9.47. The van der Waals surface area contributed by atoms with Gasteiger partial charge < -0.3 is 15.5 Å². The highest BCUT2D eigenvalue weighted by Gasteiger charge is 2.17. The quantitative estimate of drug-likeness (QED) is 0.477. The summed E-state index contributed by atoms with van der Waals surface area (Å²) in [6.45, 7) is 3.57. The van der Waals surface area contributed by atoms with Crippen LogP contribution in [0.15, 0.2) is 65.8 Å². The number of amidine groups is 1. The van der Waals surface area contributed by atoms with Crippen molar-refractivity contribution in [1.29, 1.82) is 0 Å². The first-order chi connectivity index (χ1) is 15.4. The number of pyridine rings is 1. The van der Waals surface area contributed by atoms with Crippen molar-refractivity contribution in [3.63, 3.8) is 0 Å². The summed E-state index contributed by atoms with van der Waals surface area (Å²) >= 11 is 2.15. The van der Waals surface area contributed by atoms with Gasteiger partial charge in [-0.15, -0.1) is 0 Å². The summed E-state index contributed by atoms with van der Waals surface area (Å²) in [6.07, 6.45) is 1.67. The van der Waals surface area contributed by atoms with Crippen LogP contribution < -0.4 is 10.6 Å². The van der Waals surface area contributed by atoms with Crippen LogP contribution in [0.3, 0.4) is 0 Å². The van der Waals surface area contributed by atoms with Gasteiger partial charge in [0.2, 0.25) is 0 Å². The number of carbonyl (C=O) groups is 2. The molecule has 8 heteroatoms. The molecule has 4 rings (SSSR count). The predicted molar refractivity (Wildman–Crippen MR) is 135 cm³/mol. The number of aryl methyl sites for hydroxylation is 1. The van der Waals surface area contributed by atoms with Gasteiger partial charge in [-0.1, -0.05) is 23.8 Å². The Morgan fingerprint density at radius 2 is 1.78 bits per heavy atom. The van der Waals surface area contributed by atoms with Crippen molar-refractivity contribution in [2.45, 2.75) is 6.92 Å². The zero-order valence-electron chi connectivity index (χ0n) is 17.7. The second-order valence-electron chi connectivity index (χ2n) is 7.52. The molecule has 0 radical (unpaired) electrons. The van der Waals surface area contributed by atoms with Crippen molar-refractivity contribution in [2.75, 3.05) is 30.8 Å². The summed E-state index contributed by atoms with van der Waals surface area (Å²) in [7, 11) is 2.00. The Hall–Kier alpha value is -3.27. The minimum Gasteiger partial charge on any atom is -0.358 e. The highest BCUT2D eigenvalue weighted by atomic mass is 127. The molecule has 32 heavy (non-hydrogen) atoms. The topological polar surface area (TPSA) is 86.7 Å². The Labute approximate surface area is 200 Å². The fourth-order valence-corrected chi connectivity index (χ4v) is 3.72. The molecule has 0 saturated heterocycles. The van der Waals surface area contributed by atoms with Crippen molar-refractivity contribution in [1.82, 2.24) is 9.88 Å². The first kappa shape index (κ1) is 21.9. The lowest BCUT2D eigenvalue weighted by Gasteiger charge is -2.14. The molecule has 0 bridgehead atoms. The number of halogens is 1. The number of hydrogen-bond donors (Lipinski definition) is 2. The van der Waals surface area contributed by atoms with E-state index >= 15 is 0 Å². The summed E-state index contributed by atoms with van der Waals surface area (Å²) in [6, 6.07) is 16.2. The SMILES string of the molecule is Cc1ccc(NC(=O)c2ccc(C3=NCCN3C)cc2)c(C(=O)Nc2ccc(I)cn2)c1. The molecule has 7 nitrogen and oxygen atoms in total. The van der Waals surface area contributed by atoms with Gasteiger partial charge in [-0.05, 0) is 65.9 Å². The van der Waals surface area contributed by atoms with Crippen molar-refractivity contribution < 1.29 is 9.59 Å². The Bertz CT molecular complexity index is 1190. The van der Waals surface area contributed by atoms with E-state index < -0.39 is 0 Å². The fourth-order valence-electron chi connectivity index (χ4n) is 3.40. The van der Waals surface area contributed by atoms with Crippen molar-refractivity contribution >= 4 is 51.7 Å². The van der Waals surface area contributed by atoms with Gasteiger partial charge >= 0.3 is 0 Å². The summed E-state index contributed by atoms with van der Waals surface area (Å²) in [5, 5.41) is 5.65. The van der Waals surface area contributed by atoms with Crippen LogP contribution in [0.1, 0.15) is 31.8 Å². The van der Waals surface area contributed by atoms with E-state index in [2.05, 4.69) is 48.1 Å². The van der Waals surface area contributed by atoms with Crippen LogP contribution in [0.2, 0.25) is 0 Å². The van der Waals surface area contributed by atoms with E-state index in [1.54, 1.807) is 36.5 Å². The van der Waals surface area contributed by atoms with Crippen LogP contribution in [0.25, 0.3) is 0 Å².